The summed E-state index contributed by atoms with van der Waals surface area (Å²) in [7, 11) is 0. The van der Waals surface area contributed by atoms with Crippen molar-refractivity contribution in [2.45, 2.75) is 26.3 Å². The Morgan fingerprint density at radius 3 is 3.23 bits per heavy atom. The molecule has 1 N–H and O–H groups in total. The predicted molar refractivity (Wildman–Crippen MR) is 52.6 cm³/mol. The fourth-order valence-corrected chi connectivity index (χ4v) is 1.95. The average Bonchev–Trinajstić information content (AvgIpc) is 2.54. The average molecular weight is 179 g/mol. The van der Waals surface area contributed by atoms with Crippen molar-refractivity contribution in [1.82, 2.24) is 14.9 Å². The number of aromatic nitrogens is 2. The van der Waals surface area contributed by atoms with Gasteiger partial charge >= 0.3 is 0 Å². The largest absolute Gasteiger partial charge is 0.335 e. The maximum atomic E-state index is 4.22. The van der Waals surface area contributed by atoms with Gasteiger partial charge in [-0.05, 0) is 38.8 Å². The van der Waals surface area contributed by atoms with Crippen molar-refractivity contribution in [3.8, 4) is 0 Å². The minimum absolute atomic E-state index is 0.793. The molecule has 0 aliphatic carbocycles. The van der Waals surface area contributed by atoms with Crippen molar-refractivity contribution in [2.24, 2.45) is 5.92 Å². The fourth-order valence-electron chi connectivity index (χ4n) is 1.95. The molecule has 1 saturated heterocycles. The molecule has 1 unspecified atom stereocenters. The van der Waals surface area contributed by atoms with Gasteiger partial charge < -0.3 is 9.88 Å². The van der Waals surface area contributed by atoms with E-state index in [1.807, 2.05) is 6.20 Å². The second-order valence-corrected chi connectivity index (χ2v) is 3.84. The minimum Gasteiger partial charge on any atom is -0.335 e. The molecule has 2 heterocycles. The summed E-state index contributed by atoms with van der Waals surface area (Å²) in [6.45, 7) is 5.55. The quantitative estimate of drug-likeness (QED) is 0.739. The van der Waals surface area contributed by atoms with E-state index in [1.54, 1.807) is 0 Å². The summed E-state index contributed by atoms with van der Waals surface area (Å²) in [6.07, 6.45) is 6.62. The van der Waals surface area contributed by atoms with Crippen molar-refractivity contribution in [2.75, 3.05) is 13.1 Å². The summed E-state index contributed by atoms with van der Waals surface area (Å²) < 4.78 is 2.25. The van der Waals surface area contributed by atoms with Crippen LogP contribution in [0, 0.1) is 12.8 Å². The smallest absolute Gasteiger partial charge is 0.105 e. The highest BCUT2D eigenvalue weighted by Crippen LogP contribution is 2.13. The molecule has 1 fully saturated rings. The molecule has 0 radical (unpaired) electrons. The lowest BCUT2D eigenvalue weighted by Crippen LogP contribution is -2.32. The molecule has 0 bridgehead atoms. The molecular formula is C10H17N3. The van der Waals surface area contributed by atoms with Crippen LogP contribution in [-0.4, -0.2) is 22.6 Å². The van der Waals surface area contributed by atoms with Gasteiger partial charge in [-0.3, -0.25) is 0 Å². The Kier molecular flexibility index (Phi) is 2.64. The van der Waals surface area contributed by atoms with Crippen molar-refractivity contribution >= 4 is 0 Å². The minimum atomic E-state index is 0.793. The van der Waals surface area contributed by atoms with Gasteiger partial charge in [0, 0.05) is 18.9 Å². The molecule has 3 nitrogen and oxygen atoms in total. The third kappa shape index (κ3) is 2.10. The molecule has 2 rings (SSSR count). The van der Waals surface area contributed by atoms with Crippen molar-refractivity contribution in [3.63, 3.8) is 0 Å². The lowest BCUT2D eigenvalue weighted by molar-refractivity contribution is 0.335. The van der Waals surface area contributed by atoms with Crippen LogP contribution in [0.3, 0.4) is 0 Å². The first-order valence-electron chi connectivity index (χ1n) is 5.05. The van der Waals surface area contributed by atoms with E-state index in [2.05, 4.69) is 28.0 Å². The third-order valence-corrected chi connectivity index (χ3v) is 2.78. The van der Waals surface area contributed by atoms with Crippen LogP contribution in [0.1, 0.15) is 18.7 Å². The van der Waals surface area contributed by atoms with Gasteiger partial charge in [-0.25, -0.2) is 4.98 Å². The predicted octanol–water partition coefficient (Wildman–Crippen LogP) is 1.19. The number of hydrogen-bond donors (Lipinski definition) is 1. The first kappa shape index (κ1) is 8.75. The second kappa shape index (κ2) is 3.92. The van der Waals surface area contributed by atoms with Crippen LogP contribution in [-0.2, 0) is 6.54 Å². The molecule has 1 aliphatic heterocycles. The summed E-state index contributed by atoms with van der Waals surface area (Å²) in [5, 5.41) is 3.43. The maximum Gasteiger partial charge on any atom is 0.105 e. The molecule has 1 atom stereocenters. The van der Waals surface area contributed by atoms with E-state index < -0.39 is 0 Å². The highest BCUT2D eigenvalue weighted by molar-refractivity contribution is 4.89. The fraction of sp³-hybridized carbons (Fsp3) is 0.700. The van der Waals surface area contributed by atoms with E-state index in [0.717, 1.165) is 24.8 Å². The summed E-state index contributed by atoms with van der Waals surface area (Å²) in [4.78, 5) is 4.22. The summed E-state index contributed by atoms with van der Waals surface area (Å²) in [5.41, 5.74) is 0. The standard InChI is InChI=1S/C10H17N3/c1-9-12-5-6-13(9)8-10-3-2-4-11-7-10/h5-6,10-11H,2-4,7-8H2,1H3. The van der Waals surface area contributed by atoms with Gasteiger partial charge in [0.1, 0.15) is 5.82 Å². The topological polar surface area (TPSA) is 29.9 Å². The van der Waals surface area contributed by atoms with Crippen LogP contribution in [0.2, 0.25) is 0 Å². The Hall–Kier alpha value is -0.830. The Morgan fingerprint density at radius 2 is 2.62 bits per heavy atom. The van der Waals surface area contributed by atoms with E-state index >= 15 is 0 Å². The number of nitrogens with zero attached hydrogens (tertiary/aromatic N) is 2. The molecule has 1 aliphatic rings. The van der Waals surface area contributed by atoms with E-state index in [0.29, 0.717) is 0 Å². The van der Waals surface area contributed by atoms with E-state index in [1.165, 1.54) is 19.4 Å². The second-order valence-electron chi connectivity index (χ2n) is 3.84. The zero-order valence-electron chi connectivity index (χ0n) is 8.16. The molecule has 72 valence electrons. The SMILES string of the molecule is Cc1nccn1CC1CCCNC1. The van der Waals surface area contributed by atoms with Gasteiger partial charge in [-0.2, -0.15) is 0 Å². The maximum absolute atomic E-state index is 4.22. The number of piperidine rings is 1. The van der Waals surface area contributed by atoms with Crippen molar-refractivity contribution in [3.05, 3.63) is 18.2 Å². The van der Waals surface area contributed by atoms with Gasteiger partial charge in [-0.15, -0.1) is 0 Å². The molecule has 0 amide bonds. The molecular weight excluding hydrogens is 162 g/mol. The molecule has 1 aromatic heterocycles. The Labute approximate surface area is 79.2 Å². The lowest BCUT2D eigenvalue weighted by Gasteiger charge is -2.23. The number of rotatable bonds is 2. The molecule has 3 heteroatoms. The van der Waals surface area contributed by atoms with Gasteiger partial charge in [0.15, 0.2) is 0 Å². The van der Waals surface area contributed by atoms with Crippen LogP contribution < -0.4 is 5.32 Å². The number of hydrogen-bond acceptors (Lipinski definition) is 2. The highest BCUT2D eigenvalue weighted by atomic mass is 15.1. The van der Waals surface area contributed by atoms with Gasteiger partial charge in [0.25, 0.3) is 0 Å². The monoisotopic (exact) mass is 179 g/mol. The highest BCUT2D eigenvalue weighted by Gasteiger charge is 2.13. The Morgan fingerprint density at radius 1 is 1.69 bits per heavy atom. The molecule has 1 aromatic rings. The summed E-state index contributed by atoms with van der Waals surface area (Å²) in [5.74, 6) is 1.92. The van der Waals surface area contributed by atoms with Crippen LogP contribution in [0.15, 0.2) is 12.4 Å². The molecule has 0 spiro atoms. The van der Waals surface area contributed by atoms with E-state index in [9.17, 15) is 0 Å². The Balaban J connectivity index is 1.93. The summed E-state index contributed by atoms with van der Waals surface area (Å²) in [6, 6.07) is 0. The van der Waals surface area contributed by atoms with Crippen molar-refractivity contribution in [1.29, 1.82) is 0 Å². The normalized spacial score (nSPS) is 23.3. The molecule has 0 aromatic carbocycles. The summed E-state index contributed by atoms with van der Waals surface area (Å²) >= 11 is 0. The molecule has 13 heavy (non-hydrogen) atoms. The first-order valence-corrected chi connectivity index (χ1v) is 5.05. The Bertz CT molecular complexity index is 261. The van der Waals surface area contributed by atoms with Crippen LogP contribution >= 0.6 is 0 Å². The van der Waals surface area contributed by atoms with E-state index in [-0.39, 0.29) is 0 Å². The first-order chi connectivity index (χ1) is 6.36. The van der Waals surface area contributed by atoms with Crippen molar-refractivity contribution < 1.29 is 0 Å². The van der Waals surface area contributed by atoms with Gasteiger partial charge in [-0.1, -0.05) is 0 Å². The molecule has 0 saturated carbocycles. The zero-order chi connectivity index (χ0) is 9.10. The van der Waals surface area contributed by atoms with Gasteiger partial charge in [0.2, 0.25) is 0 Å². The number of aryl methyl sites for hydroxylation is 1. The zero-order valence-corrected chi connectivity index (χ0v) is 8.16. The van der Waals surface area contributed by atoms with Crippen LogP contribution in [0.4, 0.5) is 0 Å². The van der Waals surface area contributed by atoms with Crippen LogP contribution in [0.25, 0.3) is 0 Å². The van der Waals surface area contributed by atoms with Crippen LogP contribution in [0.5, 0.6) is 0 Å². The number of imidazole rings is 1. The third-order valence-electron chi connectivity index (χ3n) is 2.78. The van der Waals surface area contributed by atoms with Gasteiger partial charge in [0.05, 0.1) is 0 Å². The lowest BCUT2D eigenvalue weighted by atomic mass is 10.00. The van der Waals surface area contributed by atoms with E-state index in [4.69, 9.17) is 0 Å². The number of nitrogens with one attached hydrogen (secondary N) is 1.